The van der Waals surface area contributed by atoms with E-state index in [0.717, 1.165) is 38.2 Å². The van der Waals surface area contributed by atoms with Crippen molar-refractivity contribution in [3.05, 3.63) is 0 Å². The molecule has 1 aliphatic heterocycles. The molecule has 7 heteroatoms. The summed E-state index contributed by atoms with van der Waals surface area (Å²) < 4.78 is 5.06. The molecular weight excluding hydrogens is 306 g/mol. The molecule has 2 rings (SSSR count). The summed E-state index contributed by atoms with van der Waals surface area (Å²) in [5.41, 5.74) is 0. The molecule has 0 atom stereocenters. The Bertz CT molecular complexity index is 415. The monoisotopic (exact) mass is 339 g/mol. The van der Waals surface area contributed by atoms with E-state index in [1.165, 1.54) is 25.7 Å². The van der Waals surface area contributed by atoms with Gasteiger partial charge in [0.1, 0.15) is 0 Å². The standard InChI is InChI=1S/C17H33N5O2/c1-4-24-17(23)22-13-11-21(12-14-22)16(18-2)19-9-10-20(3)15-7-5-6-8-15/h15H,4-14H2,1-3H3,(H,18,19). The van der Waals surface area contributed by atoms with Crippen LogP contribution in [0.5, 0.6) is 0 Å². The lowest BCUT2D eigenvalue weighted by Gasteiger charge is -2.36. The molecule has 138 valence electrons. The fraction of sp³-hybridized carbons (Fsp3) is 0.882. The van der Waals surface area contributed by atoms with E-state index in [4.69, 9.17) is 4.74 Å². The number of rotatable bonds is 5. The van der Waals surface area contributed by atoms with E-state index in [0.29, 0.717) is 19.7 Å². The van der Waals surface area contributed by atoms with E-state index in [2.05, 4.69) is 27.2 Å². The summed E-state index contributed by atoms with van der Waals surface area (Å²) in [6.45, 7) is 7.14. The molecule has 1 aliphatic carbocycles. The van der Waals surface area contributed by atoms with Crippen molar-refractivity contribution < 1.29 is 9.53 Å². The number of carbonyl (C=O) groups excluding carboxylic acids is 1. The zero-order valence-electron chi connectivity index (χ0n) is 15.5. The van der Waals surface area contributed by atoms with Gasteiger partial charge in [0.05, 0.1) is 6.61 Å². The van der Waals surface area contributed by atoms with Crippen molar-refractivity contribution in [2.24, 2.45) is 4.99 Å². The second-order valence-corrected chi connectivity index (χ2v) is 6.57. The number of carbonyl (C=O) groups is 1. The number of guanidine groups is 1. The molecule has 2 aliphatic rings. The molecule has 1 heterocycles. The normalized spacial score (nSPS) is 19.9. The van der Waals surface area contributed by atoms with Crippen LogP contribution in [0.3, 0.4) is 0 Å². The van der Waals surface area contributed by atoms with E-state index < -0.39 is 0 Å². The first kappa shape index (κ1) is 18.8. The topological polar surface area (TPSA) is 60.4 Å². The predicted octanol–water partition coefficient (Wildman–Crippen LogP) is 1.21. The first-order chi connectivity index (χ1) is 11.7. The van der Waals surface area contributed by atoms with Crippen LogP contribution in [0.2, 0.25) is 0 Å². The van der Waals surface area contributed by atoms with Gasteiger partial charge in [0, 0.05) is 52.4 Å². The zero-order valence-corrected chi connectivity index (χ0v) is 15.5. The van der Waals surface area contributed by atoms with Gasteiger partial charge >= 0.3 is 6.09 Å². The Hall–Kier alpha value is -1.50. The van der Waals surface area contributed by atoms with Gasteiger partial charge in [0.2, 0.25) is 0 Å². The maximum atomic E-state index is 11.8. The second-order valence-electron chi connectivity index (χ2n) is 6.57. The summed E-state index contributed by atoms with van der Waals surface area (Å²) in [5.74, 6) is 0.929. The SMILES string of the molecule is CCOC(=O)N1CCN(C(=NC)NCCN(C)C2CCCC2)CC1. The Balaban J connectivity index is 1.69. The average molecular weight is 339 g/mol. The van der Waals surface area contributed by atoms with E-state index >= 15 is 0 Å². The first-order valence-corrected chi connectivity index (χ1v) is 9.23. The lowest BCUT2D eigenvalue weighted by molar-refractivity contribution is 0.0914. The van der Waals surface area contributed by atoms with Crippen molar-refractivity contribution in [3.63, 3.8) is 0 Å². The van der Waals surface area contributed by atoms with Gasteiger partial charge in [-0.2, -0.15) is 0 Å². The minimum absolute atomic E-state index is 0.210. The molecule has 2 fully saturated rings. The molecule has 1 N–H and O–H groups in total. The molecule has 1 saturated heterocycles. The zero-order chi connectivity index (χ0) is 17.4. The fourth-order valence-corrected chi connectivity index (χ4v) is 3.52. The lowest BCUT2D eigenvalue weighted by Crippen LogP contribution is -2.54. The molecule has 0 aromatic heterocycles. The van der Waals surface area contributed by atoms with Crippen LogP contribution in [0, 0.1) is 0 Å². The van der Waals surface area contributed by atoms with Crippen LogP contribution in [0.25, 0.3) is 0 Å². The maximum Gasteiger partial charge on any atom is 0.409 e. The number of likely N-dealkylation sites (N-methyl/N-ethyl adjacent to an activating group) is 1. The van der Waals surface area contributed by atoms with Crippen LogP contribution in [-0.4, -0.2) is 92.8 Å². The van der Waals surface area contributed by atoms with Gasteiger partial charge < -0.3 is 24.8 Å². The highest BCUT2D eigenvalue weighted by Crippen LogP contribution is 2.21. The van der Waals surface area contributed by atoms with Crippen LogP contribution in [0.1, 0.15) is 32.6 Å². The van der Waals surface area contributed by atoms with Crippen molar-refractivity contribution in [1.82, 2.24) is 20.0 Å². The van der Waals surface area contributed by atoms with Gasteiger partial charge in [-0.25, -0.2) is 4.79 Å². The van der Waals surface area contributed by atoms with Crippen LogP contribution < -0.4 is 5.32 Å². The number of amides is 1. The molecule has 7 nitrogen and oxygen atoms in total. The van der Waals surface area contributed by atoms with Crippen LogP contribution in [-0.2, 0) is 4.74 Å². The third-order valence-corrected chi connectivity index (χ3v) is 5.01. The number of aliphatic imine (C=N–C) groups is 1. The molecule has 1 saturated carbocycles. The van der Waals surface area contributed by atoms with Gasteiger partial charge in [0.25, 0.3) is 0 Å². The average Bonchev–Trinajstić information content (AvgIpc) is 3.14. The molecule has 0 bridgehead atoms. The second kappa shape index (κ2) is 9.71. The predicted molar refractivity (Wildman–Crippen MR) is 96.4 cm³/mol. The lowest BCUT2D eigenvalue weighted by atomic mass is 10.2. The summed E-state index contributed by atoms with van der Waals surface area (Å²) in [7, 11) is 4.04. The fourth-order valence-electron chi connectivity index (χ4n) is 3.52. The van der Waals surface area contributed by atoms with Crippen LogP contribution in [0.15, 0.2) is 4.99 Å². The minimum atomic E-state index is -0.210. The molecular formula is C17H33N5O2. The molecule has 0 aromatic carbocycles. The first-order valence-electron chi connectivity index (χ1n) is 9.23. The molecule has 24 heavy (non-hydrogen) atoms. The summed E-state index contributed by atoms with van der Waals surface area (Å²) in [4.78, 5) is 22.6. The van der Waals surface area contributed by atoms with Crippen LogP contribution >= 0.6 is 0 Å². The Morgan fingerprint density at radius 1 is 1.21 bits per heavy atom. The van der Waals surface area contributed by atoms with Crippen molar-refractivity contribution in [2.45, 2.75) is 38.6 Å². The number of hydrogen-bond acceptors (Lipinski definition) is 4. The number of ether oxygens (including phenoxy) is 1. The molecule has 1 amide bonds. The maximum absolute atomic E-state index is 11.8. The number of piperazine rings is 1. The van der Waals surface area contributed by atoms with Gasteiger partial charge in [0.15, 0.2) is 5.96 Å². The Morgan fingerprint density at radius 2 is 1.83 bits per heavy atom. The highest BCUT2D eigenvalue weighted by molar-refractivity contribution is 5.80. The van der Waals surface area contributed by atoms with E-state index in [1.54, 1.807) is 4.90 Å². The Labute approximate surface area is 146 Å². The van der Waals surface area contributed by atoms with E-state index in [1.807, 2.05) is 14.0 Å². The summed E-state index contributed by atoms with van der Waals surface area (Å²) >= 11 is 0. The third kappa shape index (κ3) is 5.26. The minimum Gasteiger partial charge on any atom is -0.450 e. The third-order valence-electron chi connectivity index (χ3n) is 5.01. The Kier molecular flexibility index (Phi) is 7.62. The number of nitrogens with one attached hydrogen (secondary N) is 1. The quantitative estimate of drug-likeness (QED) is 0.603. The summed E-state index contributed by atoms with van der Waals surface area (Å²) in [6, 6.07) is 0.752. The highest BCUT2D eigenvalue weighted by atomic mass is 16.6. The van der Waals surface area contributed by atoms with Crippen molar-refractivity contribution >= 4 is 12.1 Å². The Morgan fingerprint density at radius 3 is 2.42 bits per heavy atom. The van der Waals surface area contributed by atoms with Gasteiger partial charge in [-0.1, -0.05) is 12.8 Å². The number of nitrogens with zero attached hydrogens (tertiary/aromatic N) is 4. The largest absolute Gasteiger partial charge is 0.450 e. The highest BCUT2D eigenvalue weighted by Gasteiger charge is 2.24. The van der Waals surface area contributed by atoms with Gasteiger partial charge in [-0.05, 0) is 26.8 Å². The van der Waals surface area contributed by atoms with Gasteiger partial charge in [-0.15, -0.1) is 0 Å². The summed E-state index contributed by atoms with van der Waals surface area (Å²) in [6.07, 6.45) is 5.20. The van der Waals surface area contributed by atoms with Crippen molar-refractivity contribution in [3.8, 4) is 0 Å². The van der Waals surface area contributed by atoms with Crippen LogP contribution in [0.4, 0.5) is 4.79 Å². The van der Waals surface area contributed by atoms with E-state index in [9.17, 15) is 4.79 Å². The van der Waals surface area contributed by atoms with Crippen molar-refractivity contribution in [1.29, 1.82) is 0 Å². The molecule has 0 spiro atoms. The smallest absolute Gasteiger partial charge is 0.409 e. The van der Waals surface area contributed by atoms with E-state index in [-0.39, 0.29) is 6.09 Å². The number of hydrogen-bond donors (Lipinski definition) is 1. The molecule has 0 unspecified atom stereocenters. The molecule has 0 aromatic rings. The summed E-state index contributed by atoms with van der Waals surface area (Å²) in [5, 5.41) is 3.46. The van der Waals surface area contributed by atoms with Crippen molar-refractivity contribution in [2.75, 3.05) is 60.0 Å². The van der Waals surface area contributed by atoms with Gasteiger partial charge in [-0.3, -0.25) is 4.99 Å². The molecule has 0 radical (unpaired) electrons.